The number of anilines is 1. The maximum atomic E-state index is 11.8. The van der Waals surface area contributed by atoms with E-state index in [4.69, 9.17) is 5.26 Å². The van der Waals surface area contributed by atoms with Gasteiger partial charge in [-0.2, -0.15) is 5.26 Å². The van der Waals surface area contributed by atoms with Gasteiger partial charge in [-0.1, -0.05) is 18.2 Å². The molecular weight excluding hydrogens is 230 g/mol. The third kappa shape index (κ3) is 2.48. The summed E-state index contributed by atoms with van der Waals surface area (Å²) < 4.78 is 0. The smallest absolute Gasteiger partial charge is 0.248 e. The number of imide groups is 1. The lowest BCUT2D eigenvalue weighted by Gasteiger charge is -2.33. The van der Waals surface area contributed by atoms with E-state index in [2.05, 4.69) is 0 Å². The van der Waals surface area contributed by atoms with Gasteiger partial charge in [-0.25, -0.2) is 0 Å². The van der Waals surface area contributed by atoms with Crippen LogP contribution in [0, 0.1) is 11.3 Å². The second kappa shape index (κ2) is 5.32. The summed E-state index contributed by atoms with van der Waals surface area (Å²) in [5, 5.41) is 8.49. The fourth-order valence-electron chi connectivity index (χ4n) is 1.92. The second-order valence-electron chi connectivity index (χ2n) is 4.04. The molecule has 1 aromatic carbocycles. The molecule has 2 rings (SSSR count). The number of amides is 2. The Morgan fingerprint density at radius 1 is 1.11 bits per heavy atom. The van der Waals surface area contributed by atoms with Gasteiger partial charge >= 0.3 is 0 Å². The van der Waals surface area contributed by atoms with E-state index in [0.717, 1.165) is 5.69 Å². The fourth-order valence-corrected chi connectivity index (χ4v) is 1.92. The summed E-state index contributed by atoms with van der Waals surface area (Å²) in [6, 6.07) is 11.3. The van der Waals surface area contributed by atoms with E-state index in [1.807, 2.05) is 36.4 Å². The van der Waals surface area contributed by atoms with Crippen LogP contribution in [0.3, 0.4) is 0 Å². The maximum absolute atomic E-state index is 11.8. The molecule has 0 aromatic heterocycles. The normalized spacial score (nSPS) is 15.7. The van der Waals surface area contributed by atoms with Gasteiger partial charge in [0.1, 0.15) is 0 Å². The monoisotopic (exact) mass is 243 g/mol. The van der Waals surface area contributed by atoms with E-state index in [9.17, 15) is 9.59 Å². The van der Waals surface area contributed by atoms with Crippen LogP contribution < -0.4 is 4.90 Å². The Bertz CT molecular complexity index is 475. The van der Waals surface area contributed by atoms with E-state index in [0.29, 0.717) is 0 Å². The highest BCUT2D eigenvalue weighted by Crippen LogP contribution is 2.16. The molecule has 92 valence electrons. The topological polar surface area (TPSA) is 64.4 Å². The molecule has 0 spiro atoms. The maximum Gasteiger partial charge on any atom is 0.248 e. The van der Waals surface area contributed by atoms with Crippen molar-refractivity contribution in [1.82, 2.24) is 4.90 Å². The number of nitriles is 1. The minimum Gasteiger partial charge on any atom is -0.353 e. The molecule has 0 aliphatic carbocycles. The predicted molar refractivity (Wildman–Crippen MR) is 65.6 cm³/mol. The third-order valence-corrected chi connectivity index (χ3v) is 2.82. The van der Waals surface area contributed by atoms with E-state index in [-0.39, 0.29) is 37.9 Å². The molecule has 0 saturated carbocycles. The lowest BCUT2D eigenvalue weighted by molar-refractivity contribution is -0.145. The molecular formula is C13H13N3O2. The summed E-state index contributed by atoms with van der Waals surface area (Å²) in [5.41, 5.74) is 0.860. The molecule has 2 amide bonds. The van der Waals surface area contributed by atoms with Crippen LogP contribution >= 0.6 is 0 Å². The summed E-state index contributed by atoms with van der Waals surface area (Å²) in [5.74, 6) is -0.490. The molecule has 1 saturated heterocycles. The van der Waals surface area contributed by atoms with Gasteiger partial charge < -0.3 is 4.90 Å². The van der Waals surface area contributed by atoms with Crippen molar-refractivity contribution in [2.24, 2.45) is 0 Å². The van der Waals surface area contributed by atoms with Crippen LogP contribution in [0.15, 0.2) is 30.3 Å². The Balaban J connectivity index is 2.08. The number of carbonyl (C=O) groups excluding carboxylic acids is 2. The summed E-state index contributed by atoms with van der Waals surface area (Å²) in [7, 11) is 0. The van der Waals surface area contributed by atoms with Crippen LogP contribution in [-0.4, -0.2) is 36.3 Å². The van der Waals surface area contributed by atoms with Crippen molar-refractivity contribution in [2.75, 3.05) is 24.5 Å². The van der Waals surface area contributed by atoms with Gasteiger partial charge in [-0.05, 0) is 12.1 Å². The number of benzene rings is 1. The summed E-state index contributed by atoms with van der Waals surface area (Å²) in [4.78, 5) is 26.6. The number of para-hydroxylation sites is 1. The minimum absolute atomic E-state index is 0.182. The van der Waals surface area contributed by atoms with Crippen LogP contribution in [0.2, 0.25) is 0 Å². The highest BCUT2D eigenvalue weighted by molar-refractivity contribution is 6.02. The first kappa shape index (κ1) is 12.1. The molecule has 1 aromatic rings. The number of rotatable bonds is 3. The first-order chi connectivity index (χ1) is 8.72. The van der Waals surface area contributed by atoms with Crippen LogP contribution in [0.25, 0.3) is 0 Å². The average Bonchev–Trinajstić information content (AvgIpc) is 2.39. The lowest BCUT2D eigenvalue weighted by atomic mass is 10.2. The third-order valence-electron chi connectivity index (χ3n) is 2.82. The van der Waals surface area contributed by atoms with Crippen molar-refractivity contribution < 1.29 is 9.59 Å². The number of piperazine rings is 1. The van der Waals surface area contributed by atoms with Crippen LogP contribution in [0.1, 0.15) is 6.42 Å². The molecule has 1 fully saturated rings. The molecule has 1 aliphatic heterocycles. The van der Waals surface area contributed by atoms with Crippen molar-refractivity contribution in [3.8, 4) is 6.07 Å². The zero-order valence-electron chi connectivity index (χ0n) is 9.87. The number of hydrogen-bond donors (Lipinski definition) is 0. The molecule has 5 nitrogen and oxygen atoms in total. The van der Waals surface area contributed by atoms with Crippen LogP contribution in [0.4, 0.5) is 5.69 Å². The molecule has 0 bridgehead atoms. The molecule has 1 aliphatic rings. The molecule has 5 heteroatoms. The Morgan fingerprint density at radius 2 is 1.72 bits per heavy atom. The van der Waals surface area contributed by atoms with Gasteiger partial charge in [0.25, 0.3) is 0 Å². The molecule has 0 radical (unpaired) electrons. The van der Waals surface area contributed by atoms with Crippen molar-refractivity contribution in [1.29, 1.82) is 5.26 Å². The highest BCUT2D eigenvalue weighted by Gasteiger charge is 2.30. The zero-order chi connectivity index (χ0) is 13.0. The van der Waals surface area contributed by atoms with E-state index in [1.165, 1.54) is 4.90 Å². The Kier molecular flexibility index (Phi) is 3.58. The Labute approximate surface area is 105 Å². The fraction of sp³-hybridized carbons (Fsp3) is 0.308. The van der Waals surface area contributed by atoms with Crippen LogP contribution in [-0.2, 0) is 9.59 Å². The number of carbonyl (C=O) groups is 2. The molecule has 1 heterocycles. The summed E-state index contributed by atoms with van der Waals surface area (Å²) >= 11 is 0. The van der Waals surface area contributed by atoms with Gasteiger partial charge in [-0.3, -0.25) is 14.5 Å². The highest BCUT2D eigenvalue weighted by atomic mass is 16.2. The average molecular weight is 243 g/mol. The molecule has 0 unspecified atom stereocenters. The largest absolute Gasteiger partial charge is 0.353 e. The summed E-state index contributed by atoms with van der Waals surface area (Å²) in [6.07, 6.45) is 0.183. The number of hydrogen-bond acceptors (Lipinski definition) is 4. The minimum atomic E-state index is -0.245. The number of nitrogens with zero attached hydrogens (tertiary/aromatic N) is 3. The van der Waals surface area contributed by atoms with Gasteiger partial charge in [0, 0.05) is 12.2 Å². The van der Waals surface area contributed by atoms with Crippen molar-refractivity contribution in [2.45, 2.75) is 6.42 Å². The standard InChI is InChI=1S/C13H13N3O2/c14-7-4-8-16-12(17)9-15(10-13(16)18)11-5-2-1-3-6-11/h1-3,5-6H,4,8-10H2. The first-order valence-corrected chi connectivity index (χ1v) is 5.72. The Hall–Kier alpha value is -2.35. The molecule has 0 N–H and O–H groups in total. The summed E-state index contributed by atoms with van der Waals surface area (Å²) in [6.45, 7) is 0.555. The second-order valence-corrected chi connectivity index (χ2v) is 4.04. The zero-order valence-corrected chi connectivity index (χ0v) is 9.87. The van der Waals surface area contributed by atoms with Crippen molar-refractivity contribution in [3.05, 3.63) is 30.3 Å². The van der Waals surface area contributed by atoms with Crippen LogP contribution in [0.5, 0.6) is 0 Å². The lowest BCUT2D eigenvalue weighted by Crippen LogP contribution is -2.54. The van der Waals surface area contributed by atoms with Gasteiger partial charge in [0.05, 0.1) is 25.6 Å². The van der Waals surface area contributed by atoms with Crippen molar-refractivity contribution in [3.63, 3.8) is 0 Å². The van der Waals surface area contributed by atoms with E-state index < -0.39 is 0 Å². The Morgan fingerprint density at radius 3 is 2.28 bits per heavy atom. The van der Waals surface area contributed by atoms with Gasteiger partial charge in [0.15, 0.2) is 0 Å². The van der Waals surface area contributed by atoms with Gasteiger partial charge in [-0.15, -0.1) is 0 Å². The van der Waals surface area contributed by atoms with E-state index >= 15 is 0 Å². The van der Waals surface area contributed by atoms with Crippen molar-refractivity contribution >= 4 is 17.5 Å². The molecule has 18 heavy (non-hydrogen) atoms. The predicted octanol–water partition coefficient (Wildman–Crippen LogP) is 0.775. The first-order valence-electron chi connectivity index (χ1n) is 5.72. The van der Waals surface area contributed by atoms with E-state index in [1.54, 1.807) is 4.90 Å². The van der Waals surface area contributed by atoms with Gasteiger partial charge in [0.2, 0.25) is 11.8 Å². The quantitative estimate of drug-likeness (QED) is 0.736. The molecule has 0 atom stereocenters. The SMILES string of the molecule is N#CCCN1C(=O)CN(c2ccccc2)CC1=O.